The summed E-state index contributed by atoms with van der Waals surface area (Å²) in [5, 5.41) is 9.77. The first-order valence-electron chi connectivity index (χ1n) is 4.66. The SMILES string of the molecule is Cc1cnccc1C(O)CCS(C)(=O)=O. The Morgan fingerprint density at radius 2 is 2.20 bits per heavy atom. The number of hydrogen-bond acceptors (Lipinski definition) is 4. The van der Waals surface area contributed by atoms with E-state index in [1.807, 2.05) is 6.92 Å². The second kappa shape index (κ2) is 4.72. The first kappa shape index (κ1) is 12.1. The van der Waals surface area contributed by atoms with Crippen LogP contribution in [0.15, 0.2) is 18.5 Å². The fraction of sp³-hybridized carbons (Fsp3) is 0.500. The van der Waals surface area contributed by atoms with Crippen molar-refractivity contribution in [3.05, 3.63) is 29.6 Å². The molecular formula is C10H15NO3S. The van der Waals surface area contributed by atoms with Gasteiger partial charge < -0.3 is 5.11 Å². The Morgan fingerprint density at radius 1 is 1.53 bits per heavy atom. The van der Waals surface area contributed by atoms with E-state index in [2.05, 4.69) is 4.98 Å². The van der Waals surface area contributed by atoms with Crippen LogP contribution in [0.5, 0.6) is 0 Å². The molecule has 0 aromatic carbocycles. The van der Waals surface area contributed by atoms with Crippen molar-refractivity contribution in [1.82, 2.24) is 4.98 Å². The van der Waals surface area contributed by atoms with Gasteiger partial charge in [0, 0.05) is 18.6 Å². The van der Waals surface area contributed by atoms with E-state index in [4.69, 9.17) is 0 Å². The standard InChI is InChI=1S/C10H15NO3S/c1-8-7-11-5-3-9(8)10(12)4-6-15(2,13)14/h3,5,7,10,12H,4,6H2,1-2H3. The first-order valence-corrected chi connectivity index (χ1v) is 6.72. The number of pyridine rings is 1. The lowest BCUT2D eigenvalue weighted by Crippen LogP contribution is -2.09. The third kappa shape index (κ3) is 3.97. The fourth-order valence-corrected chi connectivity index (χ4v) is 1.99. The molecule has 84 valence electrons. The summed E-state index contributed by atoms with van der Waals surface area (Å²) in [7, 11) is -3.02. The lowest BCUT2D eigenvalue weighted by atomic mass is 10.0. The van der Waals surface area contributed by atoms with Crippen molar-refractivity contribution < 1.29 is 13.5 Å². The molecule has 0 fully saturated rings. The molecule has 0 saturated carbocycles. The molecule has 1 atom stereocenters. The van der Waals surface area contributed by atoms with Gasteiger partial charge in [-0.3, -0.25) is 4.98 Å². The first-order chi connectivity index (χ1) is 6.90. The third-order valence-corrected chi connectivity index (χ3v) is 3.16. The zero-order chi connectivity index (χ0) is 11.5. The Labute approximate surface area is 89.9 Å². The Hall–Kier alpha value is -0.940. The summed E-state index contributed by atoms with van der Waals surface area (Å²) in [6, 6.07) is 1.71. The van der Waals surface area contributed by atoms with Crippen molar-refractivity contribution in [2.24, 2.45) is 0 Å². The van der Waals surface area contributed by atoms with Gasteiger partial charge in [0.2, 0.25) is 0 Å². The molecule has 0 spiro atoms. The Balaban J connectivity index is 2.70. The lowest BCUT2D eigenvalue weighted by molar-refractivity contribution is 0.173. The molecular weight excluding hydrogens is 214 g/mol. The molecule has 1 aromatic rings. The lowest BCUT2D eigenvalue weighted by Gasteiger charge is -2.12. The molecule has 1 heterocycles. The van der Waals surface area contributed by atoms with Gasteiger partial charge in [0.15, 0.2) is 0 Å². The van der Waals surface area contributed by atoms with E-state index in [0.717, 1.165) is 11.1 Å². The number of rotatable bonds is 4. The average Bonchev–Trinajstić information content (AvgIpc) is 2.14. The molecule has 1 N–H and O–H groups in total. The molecule has 0 radical (unpaired) electrons. The van der Waals surface area contributed by atoms with Crippen LogP contribution in [-0.4, -0.2) is 30.5 Å². The van der Waals surface area contributed by atoms with E-state index in [0.29, 0.717) is 0 Å². The quantitative estimate of drug-likeness (QED) is 0.831. The largest absolute Gasteiger partial charge is 0.388 e. The molecule has 0 bridgehead atoms. The van der Waals surface area contributed by atoms with Crippen LogP contribution in [0.4, 0.5) is 0 Å². The predicted molar refractivity (Wildman–Crippen MR) is 58.3 cm³/mol. The van der Waals surface area contributed by atoms with Crippen molar-refractivity contribution in [3.63, 3.8) is 0 Å². The zero-order valence-corrected chi connectivity index (χ0v) is 9.66. The molecule has 0 amide bonds. The van der Waals surface area contributed by atoms with Gasteiger partial charge in [0.25, 0.3) is 0 Å². The van der Waals surface area contributed by atoms with Crippen molar-refractivity contribution in [2.45, 2.75) is 19.4 Å². The molecule has 0 saturated heterocycles. The number of hydrogen-bond donors (Lipinski definition) is 1. The van der Waals surface area contributed by atoms with Crippen LogP contribution in [0, 0.1) is 6.92 Å². The maximum Gasteiger partial charge on any atom is 0.147 e. The summed E-state index contributed by atoms with van der Waals surface area (Å²) >= 11 is 0. The van der Waals surface area contributed by atoms with Gasteiger partial charge in [-0.2, -0.15) is 0 Å². The fourth-order valence-electron chi connectivity index (χ4n) is 1.34. The minimum atomic E-state index is -3.02. The van der Waals surface area contributed by atoms with Gasteiger partial charge in [-0.05, 0) is 30.5 Å². The van der Waals surface area contributed by atoms with Gasteiger partial charge in [-0.25, -0.2) is 8.42 Å². The van der Waals surface area contributed by atoms with E-state index in [1.165, 1.54) is 6.26 Å². The molecule has 5 heteroatoms. The molecule has 4 nitrogen and oxygen atoms in total. The second-order valence-electron chi connectivity index (χ2n) is 3.67. The summed E-state index contributed by atoms with van der Waals surface area (Å²) in [4.78, 5) is 3.91. The van der Waals surface area contributed by atoms with Crippen molar-refractivity contribution >= 4 is 9.84 Å². The van der Waals surface area contributed by atoms with Crippen LogP contribution in [0.2, 0.25) is 0 Å². The van der Waals surface area contributed by atoms with Crippen molar-refractivity contribution in [3.8, 4) is 0 Å². The van der Waals surface area contributed by atoms with E-state index >= 15 is 0 Å². The second-order valence-corrected chi connectivity index (χ2v) is 5.93. The maximum atomic E-state index is 10.9. The van der Waals surface area contributed by atoms with E-state index < -0.39 is 15.9 Å². The van der Waals surface area contributed by atoms with Crippen LogP contribution in [-0.2, 0) is 9.84 Å². The summed E-state index contributed by atoms with van der Waals surface area (Å²) in [5.41, 5.74) is 1.62. The van der Waals surface area contributed by atoms with Crippen molar-refractivity contribution in [1.29, 1.82) is 0 Å². The van der Waals surface area contributed by atoms with E-state index in [1.54, 1.807) is 18.5 Å². The molecule has 0 aliphatic heterocycles. The number of aliphatic hydroxyl groups is 1. The predicted octanol–water partition coefficient (Wildman–Crippen LogP) is 0.858. The van der Waals surface area contributed by atoms with Gasteiger partial charge in [0.1, 0.15) is 9.84 Å². The molecule has 0 aliphatic rings. The highest BCUT2D eigenvalue weighted by atomic mass is 32.2. The van der Waals surface area contributed by atoms with Crippen molar-refractivity contribution in [2.75, 3.05) is 12.0 Å². The molecule has 1 unspecified atom stereocenters. The Morgan fingerprint density at radius 3 is 2.73 bits per heavy atom. The highest BCUT2D eigenvalue weighted by Gasteiger charge is 2.13. The monoisotopic (exact) mass is 229 g/mol. The molecule has 1 rings (SSSR count). The van der Waals surface area contributed by atoms with E-state index in [9.17, 15) is 13.5 Å². The van der Waals surface area contributed by atoms with Gasteiger partial charge in [-0.15, -0.1) is 0 Å². The number of aliphatic hydroxyl groups excluding tert-OH is 1. The van der Waals surface area contributed by atoms with Crippen LogP contribution in [0.25, 0.3) is 0 Å². The number of nitrogens with zero attached hydrogens (tertiary/aromatic N) is 1. The van der Waals surface area contributed by atoms with Gasteiger partial charge in [0.05, 0.1) is 11.9 Å². The van der Waals surface area contributed by atoms with Crippen LogP contribution in [0.3, 0.4) is 0 Å². The Kier molecular flexibility index (Phi) is 3.82. The topological polar surface area (TPSA) is 67.3 Å². The minimum Gasteiger partial charge on any atom is -0.388 e. The van der Waals surface area contributed by atoms with Gasteiger partial charge >= 0.3 is 0 Å². The number of aryl methyl sites for hydroxylation is 1. The van der Waals surface area contributed by atoms with Gasteiger partial charge in [-0.1, -0.05) is 0 Å². The van der Waals surface area contributed by atoms with E-state index in [-0.39, 0.29) is 12.2 Å². The third-order valence-electron chi connectivity index (χ3n) is 2.18. The number of aromatic nitrogens is 1. The summed E-state index contributed by atoms with van der Waals surface area (Å²) < 4.78 is 21.9. The summed E-state index contributed by atoms with van der Waals surface area (Å²) in [6.45, 7) is 1.84. The minimum absolute atomic E-state index is 0.00404. The average molecular weight is 229 g/mol. The highest BCUT2D eigenvalue weighted by molar-refractivity contribution is 7.90. The van der Waals surface area contributed by atoms with Crippen LogP contribution in [0.1, 0.15) is 23.7 Å². The number of sulfone groups is 1. The van der Waals surface area contributed by atoms with Crippen LogP contribution < -0.4 is 0 Å². The summed E-state index contributed by atoms with van der Waals surface area (Å²) in [5.74, 6) is -0.00404. The maximum absolute atomic E-state index is 10.9. The molecule has 0 aliphatic carbocycles. The molecule has 1 aromatic heterocycles. The normalized spacial score (nSPS) is 13.8. The van der Waals surface area contributed by atoms with Crippen LogP contribution >= 0.6 is 0 Å². The molecule has 15 heavy (non-hydrogen) atoms. The highest BCUT2D eigenvalue weighted by Crippen LogP contribution is 2.19. The smallest absolute Gasteiger partial charge is 0.147 e. The Bertz CT molecular complexity index is 428. The summed E-state index contributed by atoms with van der Waals surface area (Å²) in [6.07, 6.45) is 3.90. The zero-order valence-electron chi connectivity index (χ0n) is 8.84.